The van der Waals surface area contributed by atoms with Gasteiger partial charge in [0.15, 0.2) is 11.5 Å². The molecule has 1 N–H and O–H groups in total. The fourth-order valence-corrected chi connectivity index (χ4v) is 4.04. The molecule has 1 aliphatic rings. The van der Waals surface area contributed by atoms with Gasteiger partial charge in [-0.05, 0) is 68.4 Å². The molecule has 0 bridgehead atoms. The summed E-state index contributed by atoms with van der Waals surface area (Å²) in [6, 6.07) is 11.9. The van der Waals surface area contributed by atoms with E-state index in [9.17, 15) is 5.11 Å². The van der Waals surface area contributed by atoms with Crippen molar-refractivity contribution in [3.8, 4) is 34.3 Å². The Morgan fingerprint density at radius 3 is 2.72 bits per heavy atom. The third-order valence-corrected chi connectivity index (χ3v) is 5.33. The van der Waals surface area contributed by atoms with Crippen molar-refractivity contribution in [2.75, 3.05) is 19.8 Å². The first-order valence-corrected chi connectivity index (χ1v) is 10.2. The maximum absolute atomic E-state index is 9.32. The van der Waals surface area contributed by atoms with E-state index in [1.807, 2.05) is 44.2 Å². The highest BCUT2D eigenvalue weighted by molar-refractivity contribution is 5.67. The van der Waals surface area contributed by atoms with Crippen LogP contribution in [0.25, 0.3) is 22.8 Å². The number of ether oxygens (including phenoxy) is 2. The van der Waals surface area contributed by atoms with Crippen LogP contribution in [0, 0.1) is 0 Å². The maximum Gasteiger partial charge on any atom is 0.258 e. The molecule has 2 aromatic carbocycles. The number of fused-ring (bicyclic) bond motifs is 1. The highest BCUT2D eigenvalue weighted by Crippen LogP contribution is 2.40. The molecule has 0 saturated heterocycles. The number of hydrogen-bond donors (Lipinski definition) is 1. The highest BCUT2D eigenvalue weighted by Gasteiger charge is 2.26. The molecular formula is C23H26N2O4. The van der Waals surface area contributed by atoms with E-state index in [0.717, 1.165) is 30.4 Å². The summed E-state index contributed by atoms with van der Waals surface area (Å²) in [4.78, 5) is 4.65. The van der Waals surface area contributed by atoms with Crippen LogP contribution >= 0.6 is 0 Å². The molecule has 6 nitrogen and oxygen atoms in total. The number of aromatic nitrogens is 2. The van der Waals surface area contributed by atoms with Gasteiger partial charge in [-0.15, -0.1) is 0 Å². The predicted octanol–water partition coefficient (Wildman–Crippen LogP) is 4.61. The van der Waals surface area contributed by atoms with Crippen molar-refractivity contribution in [3.63, 3.8) is 0 Å². The lowest BCUT2D eigenvalue weighted by Crippen LogP contribution is -1.98. The molecule has 1 heterocycles. The first-order valence-electron chi connectivity index (χ1n) is 10.2. The van der Waals surface area contributed by atoms with Crippen molar-refractivity contribution in [2.24, 2.45) is 0 Å². The number of benzene rings is 2. The van der Waals surface area contributed by atoms with Gasteiger partial charge in [-0.25, -0.2) is 0 Å². The van der Waals surface area contributed by atoms with E-state index >= 15 is 0 Å². The van der Waals surface area contributed by atoms with Gasteiger partial charge < -0.3 is 19.1 Å². The average Bonchev–Trinajstić information content (AvgIpc) is 3.38. The van der Waals surface area contributed by atoms with Gasteiger partial charge in [-0.2, -0.15) is 4.98 Å². The lowest BCUT2D eigenvalue weighted by molar-refractivity contribution is 0.275. The van der Waals surface area contributed by atoms with Crippen LogP contribution in [0.3, 0.4) is 0 Å². The Morgan fingerprint density at radius 1 is 1.10 bits per heavy atom. The van der Waals surface area contributed by atoms with E-state index in [4.69, 9.17) is 14.0 Å². The quantitative estimate of drug-likeness (QED) is 0.601. The van der Waals surface area contributed by atoms with E-state index in [1.165, 1.54) is 11.1 Å². The second-order valence-electron chi connectivity index (χ2n) is 7.07. The van der Waals surface area contributed by atoms with Crippen LogP contribution in [-0.4, -0.2) is 35.1 Å². The molecule has 1 unspecified atom stereocenters. The second-order valence-corrected chi connectivity index (χ2v) is 7.07. The summed E-state index contributed by atoms with van der Waals surface area (Å²) in [6.45, 7) is 5.20. The molecule has 152 valence electrons. The Hall–Kier alpha value is -2.86. The third-order valence-electron chi connectivity index (χ3n) is 5.33. The minimum Gasteiger partial charge on any atom is -0.490 e. The van der Waals surface area contributed by atoms with Crippen LogP contribution in [0.15, 0.2) is 40.9 Å². The fraction of sp³-hybridized carbons (Fsp3) is 0.391. The van der Waals surface area contributed by atoms with Crippen LogP contribution < -0.4 is 9.47 Å². The topological polar surface area (TPSA) is 77.6 Å². The predicted molar refractivity (Wildman–Crippen MR) is 110 cm³/mol. The van der Waals surface area contributed by atoms with Gasteiger partial charge in [0.25, 0.3) is 5.89 Å². The van der Waals surface area contributed by atoms with E-state index < -0.39 is 0 Å². The summed E-state index contributed by atoms with van der Waals surface area (Å²) in [5.74, 6) is 2.81. The molecule has 0 amide bonds. The Morgan fingerprint density at radius 2 is 1.93 bits per heavy atom. The molecule has 0 fully saturated rings. The van der Waals surface area contributed by atoms with Gasteiger partial charge in [0, 0.05) is 17.7 Å². The van der Waals surface area contributed by atoms with Gasteiger partial charge in [0.2, 0.25) is 5.82 Å². The van der Waals surface area contributed by atoms with E-state index in [0.29, 0.717) is 42.3 Å². The summed E-state index contributed by atoms with van der Waals surface area (Å²) in [7, 11) is 0. The fourth-order valence-electron chi connectivity index (χ4n) is 4.04. The highest BCUT2D eigenvalue weighted by atomic mass is 16.5. The largest absolute Gasteiger partial charge is 0.490 e. The van der Waals surface area contributed by atoms with E-state index in [1.54, 1.807) is 0 Å². The van der Waals surface area contributed by atoms with E-state index in [-0.39, 0.29) is 6.61 Å². The number of rotatable bonds is 8. The maximum atomic E-state index is 9.32. The Bertz CT molecular complexity index is 983. The molecule has 0 radical (unpaired) electrons. The molecule has 1 aromatic heterocycles. The molecule has 6 heteroatoms. The van der Waals surface area contributed by atoms with Gasteiger partial charge in [-0.3, -0.25) is 0 Å². The van der Waals surface area contributed by atoms with Gasteiger partial charge in [0.05, 0.1) is 13.2 Å². The van der Waals surface area contributed by atoms with Gasteiger partial charge in [0.1, 0.15) is 0 Å². The number of hydrogen-bond acceptors (Lipinski definition) is 6. The summed E-state index contributed by atoms with van der Waals surface area (Å²) in [5, 5.41) is 13.6. The monoisotopic (exact) mass is 394 g/mol. The Labute approximate surface area is 170 Å². The van der Waals surface area contributed by atoms with Crippen molar-refractivity contribution in [1.29, 1.82) is 0 Å². The minimum absolute atomic E-state index is 0.209. The second kappa shape index (κ2) is 8.66. The summed E-state index contributed by atoms with van der Waals surface area (Å²) in [6.07, 6.45) is 2.81. The van der Waals surface area contributed by atoms with Crippen LogP contribution in [0.4, 0.5) is 0 Å². The van der Waals surface area contributed by atoms with Crippen LogP contribution in [0.1, 0.15) is 43.7 Å². The van der Waals surface area contributed by atoms with Crippen LogP contribution in [0.5, 0.6) is 11.5 Å². The molecule has 0 spiro atoms. The zero-order valence-electron chi connectivity index (χ0n) is 16.9. The van der Waals surface area contributed by atoms with Crippen molar-refractivity contribution in [2.45, 2.75) is 39.0 Å². The van der Waals surface area contributed by atoms with Crippen molar-refractivity contribution in [3.05, 3.63) is 47.5 Å². The van der Waals surface area contributed by atoms with Crippen molar-refractivity contribution < 1.29 is 19.1 Å². The SMILES string of the molecule is CCOc1ccc(-c2nc(-c3cccc4c3CCC4CCO)no2)cc1OCC. The van der Waals surface area contributed by atoms with Crippen LogP contribution in [-0.2, 0) is 6.42 Å². The molecule has 0 saturated carbocycles. The summed E-state index contributed by atoms with van der Waals surface area (Å²) < 4.78 is 16.9. The van der Waals surface area contributed by atoms with Crippen molar-refractivity contribution in [1.82, 2.24) is 10.1 Å². The zero-order chi connectivity index (χ0) is 20.2. The zero-order valence-corrected chi connectivity index (χ0v) is 16.9. The van der Waals surface area contributed by atoms with Crippen LogP contribution in [0.2, 0.25) is 0 Å². The average molecular weight is 394 g/mol. The summed E-state index contributed by atoms with van der Waals surface area (Å²) >= 11 is 0. The normalized spacial score (nSPS) is 15.3. The Balaban J connectivity index is 1.66. The number of aliphatic hydroxyl groups is 1. The molecule has 1 aliphatic carbocycles. The first-order chi connectivity index (χ1) is 14.2. The minimum atomic E-state index is 0.209. The molecule has 1 atom stereocenters. The molecule has 4 rings (SSSR count). The molecule has 0 aliphatic heterocycles. The number of aliphatic hydroxyl groups excluding tert-OH is 1. The van der Waals surface area contributed by atoms with E-state index in [2.05, 4.69) is 16.2 Å². The number of nitrogens with zero attached hydrogens (tertiary/aromatic N) is 2. The van der Waals surface area contributed by atoms with Gasteiger partial charge >= 0.3 is 0 Å². The smallest absolute Gasteiger partial charge is 0.258 e. The van der Waals surface area contributed by atoms with Crippen molar-refractivity contribution >= 4 is 0 Å². The van der Waals surface area contributed by atoms with Gasteiger partial charge in [-0.1, -0.05) is 23.4 Å². The first kappa shape index (κ1) is 19.5. The summed E-state index contributed by atoms with van der Waals surface area (Å²) in [5.41, 5.74) is 4.36. The standard InChI is InChI=1S/C23H26N2O4/c1-3-27-20-11-9-16(14-21(20)28-4-2)23-24-22(25-29-23)19-7-5-6-17-15(12-13-26)8-10-18(17)19/h5-7,9,11,14-15,26H,3-4,8,10,12-13H2,1-2H3. The molecule has 3 aromatic rings. The molecular weight excluding hydrogens is 368 g/mol. The lowest BCUT2D eigenvalue weighted by Gasteiger charge is -2.11. The Kier molecular flexibility index (Phi) is 5.81. The lowest BCUT2D eigenvalue weighted by atomic mass is 9.96. The third kappa shape index (κ3) is 3.85. The molecule has 29 heavy (non-hydrogen) atoms.